The predicted octanol–water partition coefficient (Wildman–Crippen LogP) is 3.22. The molecule has 1 atom stereocenters. The van der Waals surface area contributed by atoms with Crippen molar-refractivity contribution in [3.8, 4) is 23.6 Å². The topological polar surface area (TPSA) is 115 Å². The van der Waals surface area contributed by atoms with Gasteiger partial charge in [-0.05, 0) is 53.7 Å². The van der Waals surface area contributed by atoms with Gasteiger partial charge >= 0.3 is 6.09 Å². The van der Waals surface area contributed by atoms with E-state index in [-0.39, 0.29) is 5.82 Å². The number of nitrogens with one attached hydrogen (secondary N) is 1. The molecule has 2 amide bonds. The first-order chi connectivity index (χ1) is 15.8. The second-order valence-electron chi connectivity index (χ2n) is 9.05. The van der Waals surface area contributed by atoms with E-state index in [9.17, 15) is 9.59 Å². The van der Waals surface area contributed by atoms with Crippen molar-refractivity contribution in [1.29, 1.82) is 0 Å². The number of aromatic nitrogens is 5. The highest BCUT2D eigenvalue weighted by Crippen LogP contribution is 2.29. The number of hydrogen-bond acceptors (Lipinski definition) is 7. The third kappa shape index (κ3) is 5.14. The number of aryl methyl sites for hydroxylation is 3. The molecule has 3 aromatic rings. The molecular weight excluding hydrogens is 434 g/mol. The zero-order chi connectivity index (χ0) is 25.4. The lowest BCUT2D eigenvalue weighted by Gasteiger charge is -2.28. The second kappa shape index (κ2) is 9.09. The van der Waals surface area contributed by atoms with Crippen molar-refractivity contribution >= 4 is 28.9 Å². The molecule has 34 heavy (non-hydrogen) atoms. The second-order valence-corrected chi connectivity index (χ2v) is 9.05. The van der Waals surface area contributed by atoms with Crippen LogP contribution in [0.25, 0.3) is 22.3 Å². The number of amides is 2. The number of nitrogens with zero attached hydrogens (tertiary/aromatic N) is 6. The van der Waals surface area contributed by atoms with Gasteiger partial charge in [-0.3, -0.25) is 14.4 Å². The quantitative estimate of drug-likeness (QED) is 0.591. The Morgan fingerprint density at radius 3 is 2.50 bits per heavy atom. The van der Waals surface area contributed by atoms with Crippen molar-refractivity contribution in [2.24, 2.45) is 7.05 Å². The molecule has 3 rings (SSSR count). The molecule has 0 aromatic carbocycles. The first kappa shape index (κ1) is 24.6. The van der Waals surface area contributed by atoms with E-state index in [0.29, 0.717) is 22.8 Å². The van der Waals surface area contributed by atoms with Crippen LogP contribution < -0.4 is 5.32 Å². The Balaban J connectivity index is 1.96. The first-order valence-corrected chi connectivity index (χ1v) is 10.7. The molecule has 3 heterocycles. The number of likely N-dealkylation sites (N-methyl/N-ethyl adjacent to an activating group) is 1. The summed E-state index contributed by atoms with van der Waals surface area (Å²) in [6, 6.07) is 2.58. The van der Waals surface area contributed by atoms with Gasteiger partial charge in [-0.2, -0.15) is 5.10 Å². The van der Waals surface area contributed by atoms with Gasteiger partial charge in [-0.1, -0.05) is 5.92 Å². The van der Waals surface area contributed by atoms with E-state index in [1.54, 1.807) is 51.4 Å². The largest absolute Gasteiger partial charge is 0.444 e. The van der Waals surface area contributed by atoms with Crippen LogP contribution in [-0.2, 0) is 16.6 Å². The zero-order valence-electron chi connectivity index (χ0n) is 20.7. The number of terminal acetylenes is 1. The molecule has 10 nitrogen and oxygen atoms in total. The van der Waals surface area contributed by atoms with Crippen LogP contribution in [-0.4, -0.2) is 60.3 Å². The minimum Gasteiger partial charge on any atom is -0.444 e. The highest BCUT2D eigenvalue weighted by molar-refractivity contribution is 5.97. The summed E-state index contributed by atoms with van der Waals surface area (Å²) in [4.78, 5) is 39.9. The molecule has 0 saturated carbocycles. The summed E-state index contributed by atoms with van der Waals surface area (Å²) >= 11 is 0. The molecule has 0 saturated heterocycles. The van der Waals surface area contributed by atoms with E-state index in [0.717, 1.165) is 16.7 Å². The van der Waals surface area contributed by atoms with E-state index < -0.39 is 23.6 Å². The number of fused-ring (bicyclic) bond motifs is 1. The summed E-state index contributed by atoms with van der Waals surface area (Å²) in [5.74, 6) is 2.89. The van der Waals surface area contributed by atoms with Gasteiger partial charge < -0.3 is 10.1 Å². The van der Waals surface area contributed by atoms with Crippen LogP contribution in [0.4, 0.5) is 10.6 Å². The Bertz CT molecular complexity index is 1310. The average Bonchev–Trinajstić information content (AvgIpc) is 3.03. The monoisotopic (exact) mass is 463 g/mol. The van der Waals surface area contributed by atoms with Gasteiger partial charge in [0.15, 0.2) is 0 Å². The van der Waals surface area contributed by atoms with Gasteiger partial charge in [-0.25, -0.2) is 19.7 Å². The first-order valence-electron chi connectivity index (χ1n) is 10.7. The van der Waals surface area contributed by atoms with E-state index in [1.807, 2.05) is 14.0 Å². The summed E-state index contributed by atoms with van der Waals surface area (Å²) in [5.41, 5.74) is 3.19. The molecule has 0 aliphatic rings. The lowest BCUT2D eigenvalue weighted by atomic mass is 10.1. The molecule has 0 aliphatic heterocycles. The minimum atomic E-state index is -0.817. The molecule has 0 spiro atoms. The van der Waals surface area contributed by atoms with Crippen LogP contribution in [0.3, 0.4) is 0 Å². The molecule has 1 unspecified atom stereocenters. The van der Waals surface area contributed by atoms with E-state index in [4.69, 9.17) is 11.2 Å². The molecule has 0 aliphatic carbocycles. The van der Waals surface area contributed by atoms with Gasteiger partial charge in [0.05, 0.1) is 5.69 Å². The molecule has 0 fully saturated rings. The van der Waals surface area contributed by atoms with Gasteiger partial charge in [-0.15, -0.1) is 6.42 Å². The molecule has 0 radical (unpaired) electrons. The van der Waals surface area contributed by atoms with Crippen LogP contribution in [0.5, 0.6) is 0 Å². The number of hydrogen-bond donors (Lipinski definition) is 1. The number of carbonyl (C=O) groups excluding carboxylic acids is 2. The summed E-state index contributed by atoms with van der Waals surface area (Å²) in [5, 5.41) is 7.20. The summed E-state index contributed by atoms with van der Waals surface area (Å²) in [6.07, 6.45) is 5.03. The van der Waals surface area contributed by atoms with Crippen LogP contribution in [0.2, 0.25) is 0 Å². The zero-order valence-corrected chi connectivity index (χ0v) is 20.7. The standard InChI is InChI=1S/C24H29N7O3/c1-10-17-11-16(20-21-19(25-15(4)26-20)13(2)29-31(21)9)12-18(27-17)28-22(32)14(3)30(8)23(33)34-24(5,6)7/h1,11-12,14H,2-9H3,(H,27,28,32). The van der Waals surface area contributed by atoms with Gasteiger partial charge in [0, 0.05) is 19.7 Å². The smallest absolute Gasteiger partial charge is 0.410 e. The Kier molecular flexibility index (Phi) is 6.59. The summed E-state index contributed by atoms with van der Waals surface area (Å²) in [6.45, 7) is 10.6. The average molecular weight is 464 g/mol. The highest BCUT2D eigenvalue weighted by Gasteiger charge is 2.27. The van der Waals surface area contributed by atoms with Crippen molar-refractivity contribution in [2.45, 2.75) is 53.2 Å². The Labute approximate surface area is 198 Å². The van der Waals surface area contributed by atoms with Crippen LogP contribution >= 0.6 is 0 Å². The Hall–Kier alpha value is -4.00. The summed E-state index contributed by atoms with van der Waals surface area (Å²) in [7, 11) is 3.32. The van der Waals surface area contributed by atoms with E-state index in [2.05, 4.69) is 31.3 Å². The number of anilines is 1. The van der Waals surface area contributed by atoms with Crippen LogP contribution in [0, 0.1) is 26.2 Å². The fraction of sp³-hybridized carbons (Fsp3) is 0.417. The van der Waals surface area contributed by atoms with Gasteiger partial charge in [0.2, 0.25) is 5.91 Å². The van der Waals surface area contributed by atoms with Crippen molar-refractivity contribution < 1.29 is 14.3 Å². The molecule has 10 heteroatoms. The predicted molar refractivity (Wildman–Crippen MR) is 129 cm³/mol. The normalized spacial score (nSPS) is 12.2. The number of rotatable bonds is 4. The van der Waals surface area contributed by atoms with Crippen molar-refractivity contribution in [1.82, 2.24) is 29.6 Å². The van der Waals surface area contributed by atoms with Crippen molar-refractivity contribution in [3.63, 3.8) is 0 Å². The van der Waals surface area contributed by atoms with Crippen LogP contribution in [0.15, 0.2) is 12.1 Å². The maximum absolute atomic E-state index is 12.9. The minimum absolute atomic E-state index is 0.239. The lowest BCUT2D eigenvalue weighted by molar-refractivity contribution is -0.120. The third-order valence-electron chi connectivity index (χ3n) is 5.10. The molecule has 0 bridgehead atoms. The highest BCUT2D eigenvalue weighted by atomic mass is 16.6. The third-order valence-corrected chi connectivity index (χ3v) is 5.10. The SMILES string of the molecule is C#Cc1cc(-c2nc(C)nc3c(C)nn(C)c23)cc(NC(=O)C(C)N(C)C(=O)OC(C)(C)C)n1. The lowest BCUT2D eigenvalue weighted by Crippen LogP contribution is -2.45. The maximum atomic E-state index is 12.9. The molecule has 1 N–H and O–H groups in total. The molecular formula is C24H29N7O3. The van der Waals surface area contributed by atoms with Crippen molar-refractivity contribution in [3.05, 3.63) is 29.3 Å². The number of carbonyl (C=O) groups is 2. The van der Waals surface area contributed by atoms with Gasteiger partial charge in [0.1, 0.15) is 45.7 Å². The van der Waals surface area contributed by atoms with Crippen molar-refractivity contribution in [2.75, 3.05) is 12.4 Å². The number of pyridine rings is 1. The Morgan fingerprint density at radius 1 is 1.21 bits per heavy atom. The van der Waals surface area contributed by atoms with E-state index >= 15 is 0 Å². The molecule has 3 aromatic heterocycles. The fourth-order valence-corrected chi connectivity index (χ4v) is 3.35. The fourth-order valence-electron chi connectivity index (χ4n) is 3.35. The summed E-state index contributed by atoms with van der Waals surface area (Å²) < 4.78 is 7.06. The Morgan fingerprint density at radius 2 is 1.88 bits per heavy atom. The van der Waals surface area contributed by atoms with Gasteiger partial charge in [0.25, 0.3) is 0 Å². The van der Waals surface area contributed by atoms with Crippen LogP contribution in [0.1, 0.15) is 44.9 Å². The maximum Gasteiger partial charge on any atom is 0.410 e. The number of ether oxygens (including phenoxy) is 1. The molecule has 178 valence electrons. The van der Waals surface area contributed by atoms with E-state index in [1.165, 1.54) is 11.9 Å².